The van der Waals surface area contributed by atoms with Gasteiger partial charge in [0.15, 0.2) is 0 Å². The van der Waals surface area contributed by atoms with Crippen LogP contribution in [-0.4, -0.2) is 40.7 Å². The first-order valence-electron chi connectivity index (χ1n) is 6.26. The van der Waals surface area contributed by atoms with Crippen LogP contribution >= 0.6 is 0 Å². The monoisotopic (exact) mass is 317 g/mol. The largest absolute Gasteiger partial charge is 0.387 e. The second-order valence-electron chi connectivity index (χ2n) is 4.60. The van der Waals surface area contributed by atoms with Crippen LogP contribution < -0.4 is 10.0 Å². The van der Waals surface area contributed by atoms with E-state index in [2.05, 4.69) is 10.0 Å². The average Bonchev–Trinajstić information content (AvgIpc) is 2.44. The molecule has 0 bridgehead atoms. The standard InChI is InChI=1S/C12H19N3O5S/c1-9(8-20-3)7-14-21(18,19)12-6-10(15(16)17)4-5-11(12)13-2/h4-6,9,13-14H,7-8H2,1-3H3. The molecule has 1 rings (SSSR count). The molecule has 118 valence electrons. The van der Waals surface area contributed by atoms with Gasteiger partial charge in [-0.15, -0.1) is 0 Å². The summed E-state index contributed by atoms with van der Waals surface area (Å²) in [5, 5.41) is 13.5. The molecule has 1 atom stereocenters. The highest BCUT2D eigenvalue weighted by molar-refractivity contribution is 7.89. The fraction of sp³-hybridized carbons (Fsp3) is 0.500. The minimum atomic E-state index is -3.84. The summed E-state index contributed by atoms with van der Waals surface area (Å²) in [6.45, 7) is 2.43. The number of sulfonamides is 1. The van der Waals surface area contributed by atoms with Gasteiger partial charge in [-0.2, -0.15) is 0 Å². The lowest BCUT2D eigenvalue weighted by molar-refractivity contribution is -0.385. The van der Waals surface area contributed by atoms with Gasteiger partial charge in [-0.3, -0.25) is 10.1 Å². The quantitative estimate of drug-likeness (QED) is 0.550. The Morgan fingerprint density at radius 1 is 1.43 bits per heavy atom. The van der Waals surface area contributed by atoms with Crippen molar-refractivity contribution in [2.45, 2.75) is 11.8 Å². The minimum Gasteiger partial charge on any atom is -0.387 e. The van der Waals surface area contributed by atoms with Crippen LogP contribution in [0, 0.1) is 16.0 Å². The molecule has 1 aromatic carbocycles. The molecule has 21 heavy (non-hydrogen) atoms. The van der Waals surface area contributed by atoms with Crippen LogP contribution in [0.3, 0.4) is 0 Å². The van der Waals surface area contributed by atoms with Gasteiger partial charge in [0.25, 0.3) is 5.69 Å². The minimum absolute atomic E-state index is 0.0125. The lowest BCUT2D eigenvalue weighted by atomic mass is 10.2. The molecule has 0 heterocycles. The number of rotatable bonds is 8. The maximum absolute atomic E-state index is 12.3. The lowest BCUT2D eigenvalue weighted by Gasteiger charge is -2.14. The van der Waals surface area contributed by atoms with Crippen molar-refractivity contribution < 1.29 is 18.1 Å². The first-order valence-corrected chi connectivity index (χ1v) is 7.75. The van der Waals surface area contributed by atoms with E-state index in [1.54, 1.807) is 7.05 Å². The van der Waals surface area contributed by atoms with Crippen molar-refractivity contribution in [3.8, 4) is 0 Å². The molecule has 0 amide bonds. The zero-order chi connectivity index (χ0) is 16.0. The number of hydrogen-bond acceptors (Lipinski definition) is 6. The van der Waals surface area contributed by atoms with Crippen molar-refractivity contribution in [1.29, 1.82) is 0 Å². The van der Waals surface area contributed by atoms with Crippen LogP contribution in [0.2, 0.25) is 0 Å². The molecule has 0 aliphatic heterocycles. The number of hydrogen-bond donors (Lipinski definition) is 2. The van der Waals surface area contributed by atoms with E-state index >= 15 is 0 Å². The Balaban J connectivity index is 3.05. The number of methoxy groups -OCH3 is 1. The molecule has 0 spiro atoms. The first kappa shape index (κ1) is 17.3. The third kappa shape index (κ3) is 4.66. The molecule has 2 N–H and O–H groups in total. The predicted molar refractivity (Wildman–Crippen MR) is 78.9 cm³/mol. The number of nitro groups is 1. The van der Waals surface area contributed by atoms with Gasteiger partial charge >= 0.3 is 0 Å². The molecule has 0 saturated carbocycles. The van der Waals surface area contributed by atoms with E-state index in [-0.39, 0.29) is 23.0 Å². The fourth-order valence-electron chi connectivity index (χ4n) is 1.73. The average molecular weight is 317 g/mol. The maximum Gasteiger partial charge on any atom is 0.270 e. The van der Waals surface area contributed by atoms with Crippen molar-refractivity contribution in [2.24, 2.45) is 5.92 Å². The third-order valence-corrected chi connectivity index (χ3v) is 4.27. The Labute approximate surface area is 123 Å². The summed E-state index contributed by atoms with van der Waals surface area (Å²) in [7, 11) is -0.763. The molecular weight excluding hydrogens is 298 g/mol. The molecule has 0 saturated heterocycles. The second kappa shape index (κ2) is 7.34. The van der Waals surface area contributed by atoms with Gasteiger partial charge in [0.2, 0.25) is 10.0 Å². The highest BCUT2D eigenvalue weighted by Gasteiger charge is 2.22. The molecular formula is C12H19N3O5S. The molecule has 0 aliphatic rings. The second-order valence-corrected chi connectivity index (χ2v) is 6.34. The van der Waals surface area contributed by atoms with Crippen LogP contribution in [-0.2, 0) is 14.8 Å². The van der Waals surface area contributed by atoms with Crippen LogP contribution in [0.5, 0.6) is 0 Å². The van der Waals surface area contributed by atoms with Crippen LogP contribution in [0.25, 0.3) is 0 Å². The molecule has 0 fully saturated rings. The van der Waals surface area contributed by atoms with E-state index in [0.717, 1.165) is 6.07 Å². The number of nitrogens with one attached hydrogen (secondary N) is 2. The van der Waals surface area contributed by atoms with Crippen LogP contribution in [0.15, 0.2) is 23.1 Å². The van der Waals surface area contributed by atoms with E-state index in [1.165, 1.54) is 19.2 Å². The van der Waals surface area contributed by atoms with Gasteiger partial charge in [-0.05, 0) is 12.0 Å². The normalized spacial score (nSPS) is 12.9. The van der Waals surface area contributed by atoms with Gasteiger partial charge in [0.1, 0.15) is 4.90 Å². The molecule has 1 unspecified atom stereocenters. The maximum atomic E-state index is 12.3. The first-order chi connectivity index (χ1) is 9.81. The molecule has 8 nitrogen and oxygen atoms in total. The van der Waals surface area contributed by atoms with Gasteiger partial charge < -0.3 is 10.1 Å². The Bertz CT molecular complexity index is 603. The Hall–Kier alpha value is -1.71. The zero-order valence-corrected chi connectivity index (χ0v) is 12.9. The lowest BCUT2D eigenvalue weighted by Crippen LogP contribution is -2.30. The van der Waals surface area contributed by atoms with E-state index in [9.17, 15) is 18.5 Å². The number of anilines is 1. The van der Waals surface area contributed by atoms with E-state index in [1.807, 2.05) is 6.92 Å². The Morgan fingerprint density at radius 3 is 2.62 bits per heavy atom. The number of benzene rings is 1. The Kier molecular flexibility index (Phi) is 6.06. The number of non-ortho nitro benzene ring substituents is 1. The van der Waals surface area contributed by atoms with Gasteiger partial charge in [0, 0.05) is 39.4 Å². The van der Waals surface area contributed by atoms with E-state index in [0.29, 0.717) is 12.3 Å². The van der Waals surface area contributed by atoms with Crippen molar-refractivity contribution >= 4 is 21.4 Å². The SMILES string of the molecule is CNc1ccc([N+](=O)[O-])cc1S(=O)(=O)NCC(C)COC. The zero-order valence-electron chi connectivity index (χ0n) is 12.1. The van der Waals surface area contributed by atoms with Crippen molar-refractivity contribution in [1.82, 2.24) is 4.72 Å². The van der Waals surface area contributed by atoms with Crippen LogP contribution in [0.1, 0.15) is 6.92 Å². The predicted octanol–water partition coefficient (Wildman–Crippen LogP) is 1.20. The third-order valence-electron chi connectivity index (χ3n) is 2.81. The molecule has 0 radical (unpaired) electrons. The summed E-state index contributed by atoms with van der Waals surface area (Å²) in [6.07, 6.45) is 0. The van der Waals surface area contributed by atoms with Gasteiger partial charge in [0.05, 0.1) is 10.6 Å². The van der Waals surface area contributed by atoms with Crippen molar-refractivity contribution in [3.63, 3.8) is 0 Å². The summed E-state index contributed by atoms with van der Waals surface area (Å²) >= 11 is 0. The Morgan fingerprint density at radius 2 is 2.10 bits per heavy atom. The topological polar surface area (TPSA) is 111 Å². The molecule has 1 aromatic rings. The summed E-state index contributed by atoms with van der Waals surface area (Å²) in [5.41, 5.74) is 0.0202. The summed E-state index contributed by atoms with van der Waals surface area (Å²) in [5.74, 6) is -0.0125. The smallest absolute Gasteiger partial charge is 0.270 e. The summed E-state index contributed by atoms with van der Waals surface area (Å²) < 4.78 is 31.9. The van der Waals surface area contributed by atoms with E-state index in [4.69, 9.17) is 4.74 Å². The summed E-state index contributed by atoms with van der Waals surface area (Å²) in [4.78, 5) is 10.0. The highest BCUT2D eigenvalue weighted by atomic mass is 32.2. The molecule has 0 aliphatic carbocycles. The van der Waals surface area contributed by atoms with E-state index < -0.39 is 14.9 Å². The molecule has 0 aromatic heterocycles. The van der Waals surface area contributed by atoms with Crippen molar-refractivity contribution in [2.75, 3.05) is 32.6 Å². The molecule has 9 heteroatoms. The number of nitro benzene ring substituents is 1. The van der Waals surface area contributed by atoms with Crippen LogP contribution in [0.4, 0.5) is 11.4 Å². The summed E-state index contributed by atoms with van der Waals surface area (Å²) in [6, 6.07) is 3.65. The number of ether oxygens (including phenoxy) is 1. The van der Waals surface area contributed by atoms with Crippen molar-refractivity contribution in [3.05, 3.63) is 28.3 Å². The fourth-order valence-corrected chi connectivity index (χ4v) is 3.12. The number of nitrogens with zero attached hydrogens (tertiary/aromatic N) is 1. The van der Waals surface area contributed by atoms with Gasteiger partial charge in [-0.1, -0.05) is 6.92 Å². The highest BCUT2D eigenvalue weighted by Crippen LogP contribution is 2.26. The van der Waals surface area contributed by atoms with Gasteiger partial charge in [-0.25, -0.2) is 13.1 Å².